The van der Waals surface area contributed by atoms with Crippen molar-refractivity contribution in [2.24, 2.45) is 0 Å². The summed E-state index contributed by atoms with van der Waals surface area (Å²) in [6.07, 6.45) is 4.26. The predicted octanol–water partition coefficient (Wildman–Crippen LogP) is 3.41. The van der Waals surface area contributed by atoms with E-state index in [1.807, 2.05) is 44.4 Å². The third-order valence-corrected chi connectivity index (χ3v) is 4.24. The second kappa shape index (κ2) is 7.68. The highest BCUT2D eigenvalue weighted by molar-refractivity contribution is 6.30. The third kappa shape index (κ3) is 4.38. The van der Waals surface area contributed by atoms with E-state index in [0.29, 0.717) is 16.4 Å². The molecule has 0 aliphatic rings. The lowest BCUT2D eigenvalue weighted by Gasteiger charge is -2.20. The van der Waals surface area contributed by atoms with Crippen molar-refractivity contribution in [3.63, 3.8) is 0 Å². The minimum absolute atomic E-state index is 0.0653. The normalized spacial score (nSPS) is 12.5. The van der Waals surface area contributed by atoms with Gasteiger partial charge in [-0.15, -0.1) is 0 Å². The molecule has 0 fully saturated rings. The third-order valence-electron chi connectivity index (χ3n) is 4.02. The maximum atomic E-state index is 12.7. The number of hydrogen-bond acceptors (Lipinski definition) is 3. The summed E-state index contributed by atoms with van der Waals surface area (Å²) >= 11 is 5.99. The highest BCUT2D eigenvalue weighted by atomic mass is 35.5. The number of nitrogens with one attached hydrogen (secondary N) is 1. The molecule has 0 aliphatic heterocycles. The summed E-state index contributed by atoms with van der Waals surface area (Å²) in [5, 5.41) is 3.71. The van der Waals surface area contributed by atoms with Crippen molar-refractivity contribution in [2.75, 3.05) is 20.6 Å². The molecular weight excluding hydrogens is 336 g/mol. The van der Waals surface area contributed by atoms with Crippen LogP contribution in [0.1, 0.15) is 28.5 Å². The highest BCUT2D eigenvalue weighted by Crippen LogP contribution is 2.18. The number of pyridine rings is 1. The molecule has 1 N–H and O–H groups in total. The van der Waals surface area contributed by atoms with Gasteiger partial charge in [-0.1, -0.05) is 41.9 Å². The number of rotatable bonds is 6. The lowest BCUT2D eigenvalue weighted by Crippen LogP contribution is -2.31. The van der Waals surface area contributed by atoms with Crippen molar-refractivity contribution >= 4 is 23.2 Å². The number of hydrogen-bond donors (Lipinski definition) is 1. The van der Waals surface area contributed by atoms with Crippen LogP contribution in [0.4, 0.5) is 0 Å². The number of nitrogens with zero attached hydrogens (tertiary/aromatic N) is 3. The van der Waals surface area contributed by atoms with Gasteiger partial charge in [0.25, 0.3) is 5.91 Å². The first-order chi connectivity index (χ1) is 12.0. The molecule has 6 heteroatoms. The molecule has 0 saturated heterocycles. The van der Waals surface area contributed by atoms with E-state index in [9.17, 15) is 4.79 Å². The Morgan fingerprint density at radius 3 is 2.68 bits per heavy atom. The first-order valence-electron chi connectivity index (χ1n) is 8.18. The highest BCUT2D eigenvalue weighted by Gasteiger charge is 2.18. The van der Waals surface area contributed by atoms with Gasteiger partial charge in [-0.2, -0.15) is 0 Å². The van der Waals surface area contributed by atoms with Crippen LogP contribution in [0.25, 0.3) is 5.65 Å². The lowest BCUT2D eigenvalue weighted by molar-refractivity contribution is 0.0928. The Morgan fingerprint density at radius 2 is 1.96 bits per heavy atom. The second-order valence-corrected chi connectivity index (χ2v) is 6.70. The average molecular weight is 357 g/mol. The van der Waals surface area contributed by atoms with Crippen molar-refractivity contribution in [2.45, 2.75) is 12.5 Å². The van der Waals surface area contributed by atoms with E-state index in [0.717, 1.165) is 18.5 Å². The number of benzene rings is 1. The van der Waals surface area contributed by atoms with Gasteiger partial charge in [-0.25, -0.2) is 4.98 Å². The molecule has 0 spiro atoms. The van der Waals surface area contributed by atoms with E-state index in [4.69, 9.17) is 11.6 Å². The monoisotopic (exact) mass is 356 g/mol. The number of imidazole rings is 1. The smallest absolute Gasteiger partial charge is 0.271 e. The van der Waals surface area contributed by atoms with Crippen molar-refractivity contribution in [3.05, 3.63) is 71.1 Å². The number of carbonyl (C=O) groups is 1. The molecule has 1 atom stereocenters. The van der Waals surface area contributed by atoms with E-state index >= 15 is 0 Å². The summed E-state index contributed by atoms with van der Waals surface area (Å²) < 4.78 is 1.76. The van der Waals surface area contributed by atoms with Gasteiger partial charge in [0.1, 0.15) is 11.3 Å². The van der Waals surface area contributed by atoms with Crippen LogP contribution in [0, 0.1) is 0 Å². The van der Waals surface area contributed by atoms with E-state index in [1.165, 1.54) is 0 Å². The topological polar surface area (TPSA) is 49.6 Å². The van der Waals surface area contributed by atoms with Gasteiger partial charge < -0.3 is 14.6 Å². The zero-order valence-electron chi connectivity index (χ0n) is 14.3. The van der Waals surface area contributed by atoms with Crippen LogP contribution < -0.4 is 5.32 Å². The van der Waals surface area contributed by atoms with Crippen LogP contribution in [0.15, 0.2) is 54.9 Å². The first-order valence-corrected chi connectivity index (χ1v) is 8.55. The summed E-state index contributed by atoms with van der Waals surface area (Å²) in [7, 11) is 4.05. The summed E-state index contributed by atoms with van der Waals surface area (Å²) in [5.41, 5.74) is 2.16. The maximum absolute atomic E-state index is 12.7. The lowest BCUT2D eigenvalue weighted by atomic mass is 10.0. The standard InChI is InChI=1S/C19H21ClN4O/c1-23(2)11-10-16(14-6-4-3-5-7-14)22-19(25)17-13-24-12-15(20)8-9-18(24)21-17/h3-9,12-13,16H,10-11H2,1-2H3,(H,22,25)/t16-/m1/s1. The fourth-order valence-electron chi connectivity index (χ4n) is 2.70. The largest absolute Gasteiger partial charge is 0.344 e. The van der Waals surface area contributed by atoms with Crippen molar-refractivity contribution < 1.29 is 4.79 Å². The Morgan fingerprint density at radius 1 is 1.20 bits per heavy atom. The molecule has 5 nitrogen and oxygen atoms in total. The van der Waals surface area contributed by atoms with Gasteiger partial charge >= 0.3 is 0 Å². The van der Waals surface area contributed by atoms with Crippen LogP contribution in [0.3, 0.4) is 0 Å². The SMILES string of the molecule is CN(C)CC[C@@H](NC(=O)c1cn2cc(Cl)ccc2n1)c1ccccc1. The van der Waals surface area contributed by atoms with Crippen molar-refractivity contribution in [3.8, 4) is 0 Å². The Bertz CT molecular complexity index is 860. The van der Waals surface area contributed by atoms with E-state index in [2.05, 4.69) is 15.2 Å². The molecule has 25 heavy (non-hydrogen) atoms. The van der Waals surface area contributed by atoms with Gasteiger partial charge in [0.15, 0.2) is 0 Å². The molecule has 130 valence electrons. The summed E-state index contributed by atoms with van der Waals surface area (Å²) in [5.74, 6) is -0.188. The fourth-order valence-corrected chi connectivity index (χ4v) is 2.87. The minimum atomic E-state index is -0.188. The van der Waals surface area contributed by atoms with Crippen LogP contribution in [0.5, 0.6) is 0 Å². The number of amides is 1. The van der Waals surface area contributed by atoms with Crippen LogP contribution >= 0.6 is 11.6 Å². The first kappa shape index (κ1) is 17.5. The zero-order valence-corrected chi connectivity index (χ0v) is 15.1. The predicted molar refractivity (Wildman–Crippen MR) is 100 cm³/mol. The summed E-state index contributed by atoms with van der Waals surface area (Å²) in [4.78, 5) is 19.2. The Hall–Kier alpha value is -2.37. The van der Waals surface area contributed by atoms with E-state index in [-0.39, 0.29) is 11.9 Å². The van der Waals surface area contributed by atoms with Crippen molar-refractivity contribution in [1.29, 1.82) is 0 Å². The van der Waals surface area contributed by atoms with Gasteiger partial charge in [0.2, 0.25) is 0 Å². The van der Waals surface area contributed by atoms with Gasteiger partial charge in [-0.05, 0) is 44.8 Å². The molecule has 0 radical (unpaired) electrons. The molecule has 0 aliphatic carbocycles. The van der Waals surface area contributed by atoms with Gasteiger partial charge in [0, 0.05) is 12.4 Å². The van der Waals surface area contributed by atoms with E-state index in [1.54, 1.807) is 28.9 Å². The number of aromatic nitrogens is 2. The van der Waals surface area contributed by atoms with E-state index < -0.39 is 0 Å². The number of carbonyl (C=O) groups excluding carboxylic acids is 1. The molecule has 0 unspecified atom stereocenters. The quantitative estimate of drug-likeness (QED) is 0.736. The minimum Gasteiger partial charge on any atom is -0.344 e. The zero-order chi connectivity index (χ0) is 17.8. The van der Waals surface area contributed by atoms with Crippen LogP contribution in [-0.2, 0) is 0 Å². The van der Waals surface area contributed by atoms with Crippen LogP contribution in [-0.4, -0.2) is 40.8 Å². The fraction of sp³-hybridized carbons (Fsp3) is 0.263. The molecule has 0 bridgehead atoms. The van der Waals surface area contributed by atoms with Crippen molar-refractivity contribution in [1.82, 2.24) is 19.6 Å². The van der Waals surface area contributed by atoms with Crippen LogP contribution in [0.2, 0.25) is 5.02 Å². The molecule has 0 saturated carbocycles. The molecule has 2 aromatic heterocycles. The Labute approximate surface area is 152 Å². The van der Waals surface area contributed by atoms with Gasteiger partial charge in [-0.3, -0.25) is 4.79 Å². The molecule has 3 rings (SSSR count). The van der Waals surface area contributed by atoms with Gasteiger partial charge in [0.05, 0.1) is 11.1 Å². The number of fused-ring (bicyclic) bond motifs is 1. The Balaban J connectivity index is 1.80. The molecular formula is C19H21ClN4O. The number of halogens is 1. The molecule has 1 amide bonds. The summed E-state index contributed by atoms with van der Waals surface area (Å²) in [6, 6.07) is 13.5. The summed E-state index contributed by atoms with van der Waals surface area (Å²) in [6.45, 7) is 0.876. The second-order valence-electron chi connectivity index (χ2n) is 6.27. The molecule has 1 aromatic carbocycles. The maximum Gasteiger partial charge on any atom is 0.271 e. The Kier molecular flexibility index (Phi) is 5.36. The molecule has 2 heterocycles. The average Bonchev–Trinajstić information content (AvgIpc) is 3.02. The molecule has 3 aromatic rings.